The number of aryl methyl sites for hydroxylation is 1. The Morgan fingerprint density at radius 3 is 2.06 bits per heavy atom. The summed E-state index contributed by atoms with van der Waals surface area (Å²) in [7, 11) is -3.98. The molecule has 0 fully saturated rings. The summed E-state index contributed by atoms with van der Waals surface area (Å²) in [5, 5.41) is 2.71. The molecule has 3 aromatic carbocycles. The van der Waals surface area contributed by atoms with Gasteiger partial charge in [0.05, 0.1) is 0 Å². The molecular weight excluding hydrogens is 464 g/mol. The Morgan fingerprint density at radius 1 is 0.886 bits per heavy atom. The van der Waals surface area contributed by atoms with Gasteiger partial charge >= 0.3 is 10.1 Å². The van der Waals surface area contributed by atoms with Gasteiger partial charge < -0.3 is 14.4 Å². The third-order valence-corrected chi connectivity index (χ3v) is 6.53. The molecule has 8 heteroatoms. The van der Waals surface area contributed by atoms with Gasteiger partial charge in [0.2, 0.25) is 0 Å². The van der Waals surface area contributed by atoms with Gasteiger partial charge in [0.15, 0.2) is 0 Å². The molecule has 0 aliphatic carbocycles. The molecule has 0 bridgehead atoms. The van der Waals surface area contributed by atoms with E-state index in [9.17, 15) is 18.0 Å². The number of hydrogen-bond acceptors (Lipinski definition) is 5. The smallest absolute Gasteiger partial charge is 0.339 e. The van der Waals surface area contributed by atoms with E-state index in [0.717, 1.165) is 5.56 Å². The molecule has 2 amide bonds. The fourth-order valence-corrected chi connectivity index (χ4v) is 4.21. The zero-order chi connectivity index (χ0) is 25.4. The van der Waals surface area contributed by atoms with Gasteiger partial charge in [0.25, 0.3) is 11.8 Å². The number of amides is 2. The molecule has 0 saturated heterocycles. The first-order chi connectivity index (χ1) is 16.7. The molecule has 182 valence electrons. The minimum Gasteiger partial charge on any atom is -0.379 e. The predicted molar refractivity (Wildman–Crippen MR) is 135 cm³/mol. The first-order valence-corrected chi connectivity index (χ1v) is 12.6. The Balaban J connectivity index is 1.84. The number of nitrogens with zero attached hydrogens (tertiary/aromatic N) is 1. The summed E-state index contributed by atoms with van der Waals surface area (Å²) in [5.41, 5.74) is 2.07. The van der Waals surface area contributed by atoms with Gasteiger partial charge in [-0.2, -0.15) is 8.42 Å². The Kier molecular flexibility index (Phi) is 8.43. The molecule has 0 aliphatic heterocycles. The minimum absolute atomic E-state index is 0.0582. The standard InChI is InChI=1S/C27H28N2O5S/c1-4-29(5-2)27(31)25(28-26(30)22-9-7-6-8-10-22)19-21-13-15-23(16-14-21)34-35(32,33)24-17-11-20(3)12-18-24/h6-19H,4-5H2,1-3H3,(H,28,30)/b25-19+. The van der Waals surface area contributed by atoms with E-state index in [-0.39, 0.29) is 22.2 Å². The molecule has 0 heterocycles. The highest BCUT2D eigenvalue weighted by Gasteiger charge is 2.19. The SMILES string of the molecule is CCN(CC)C(=O)/C(=C\c1ccc(OS(=O)(=O)c2ccc(C)cc2)cc1)NC(=O)c1ccccc1. The normalized spacial score (nSPS) is 11.6. The van der Waals surface area contributed by atoms with Crippen LogP contribution in [0.4, 0.5) is 0 Å². The minimum atomic E-state index is -3.98. The van der Waals surface area contributed by atoms with Crippen molar-refractivity contribution in [2.75, 3.05) is 13.1 Å². The molecule has 0 saturated carbocycles. The van der Waals surface area contributed by atoms with Gasteiger partial charge in [0.1, 0.15) is 16.3 Å². The van der Waals surface area contributed by atoms with Crippen LogP contribution in [0.2, 0.25) is 0 Å². The lowest BCUT2D eigenvalue weighted by Crippen LogP contribution is -2.38. The summed E-state index contributed by atoms with van der Waals surface area (Å²) in [4.78, 5) is 27.4. The maximum atomic E-state index is 13.1. The van der Waals surface area contributed by atoms with Crippen molar-refractivity contribution in [2.45, 2.75) is 25.7 Å². The highest BCUT2D eigenvalue weighted by atomic mass is 32.2. The summed E-state index contributed by atoms with van der Waals surface area (Å²) in [6.07, 6.45) is 1.56. The quantitative estimate of drug-likeness (QED) is 0.353. The zero-order valence-electron chi connectivity index (χ0n) is 19.9. The number of likely N-dealkylation sites (N-methyl/N-ethyl adjacent to an activating group) is 1. The summed E-state index contributed by atoms with van der Waals surface area (Å²) in [6.45, 7) is 6.55. The first kappa shape index (κ1) is 25.7. The van der Waals surface area contributed by atoms with Gasteiger partial charge in [-0.15, -0.1) is 0 Å². The molecule has 3 aromatic rings. The molecule has 0 unspecified atom stereocenters. The lowest BCUT2D eigenvalue weighted by atomic mass is 10.1. The highest BCUT2D eigenvalue weighted by Crippen LogP contribution is 2.21. The van der Waals surface area contributed by atoms with E-state index >= 15 is 0 Å². The number of carbonyl (C=O) groups is 2. The second-order valence-corrected chi connectivity index (χ2v) is 9.32. The van der Waals surface area contributed by atoms with Crippen LogP contribution >= 0.6 is 0 Å². The highest BCUT2D eigenvalue weighted by molar-refractivity contribution is 7.87. The Hall–Kier alpha value is -3.91. The fourth-order valence-electron chi connectivity index (χ4n) is 3.28. The number of carbonyl (C=O) groups excluding carboxylic acids is 2. The summed E-state index contributed by atoms with van der Waals surface area (Å²) in [6, 6.07) is 21.2. The maximum Gasteiger partial charge on any atom is 0.339 e. The monoisotopic (exact) mass is 492 g/mol. The number of rotatable bonds is 9. The van der Waals surface area contributed by atoms with Crippen LogP contribution in [0.1, 0.15) is 35.3 Å². The Morgan fingerprint density at radius 2 is 1.49 bits per heavy atom. The van der Waals surface area contributed by atoms with E-state index in [1.165, 1.54) is 24.3 Å². The lowest BCUT2D eigenvalue weighted by Gasteiger charge is -2.21. The van der Waals surface area contributed by atoms with Crippen LogP contribution in [0.25, 0.3) is 6.08 Å². The average Bonchev–Trinajstić information content (AvgIpc) is 2.86. The van der Waals surface area contributed by atoms with Gasteiger partial charge in [-0.1, -0.05) is 48.0 Å². The van der Waals surface area contributed by atoms with Crippen LogP contribution in [0.5, 0.6) is 5.75 Å². The van der Waals surface area contributed by atoms with Gasteiger partial charge in [-0.05, 0) is 68.8 Å². The average molecular weight is 493 g/mol. The molecule has 7 nitrogen and oxygen atoms in total. The Bertz CT molecular complexity index is 1300. The van der Waals surface area contributed by atoms with Crippen molar-refractivity contribution < 1.29 is 22.2 Å². The molecule has 0 spiro atoms. The molecular formula is C27H28N2O5S. The van der Waals surface area contributed by atoms with E-state index in [0.29, 0.717) is 24.2 Å². The van der Waals surface area contributed by atoms with Crippen molar-refractivity contribution in [3.63, 3.8) is 0 Å². The second kappa shape index (κ2) is 11.5. The third kappa shape index (κ3) is 6.80. The van der Waals surface area contributed by atoms with E-state index in [2.05, 4.69) is 5.32 Å². The van der Waals surface area contributed by atoms with Crippen molar-refractivity contribution in [1.29, 1.82) is 0 Å². The van der Waals surface area contributed by atoms with Crippen LogP contribution in [0, 0.1) is 6.92 Å². The maximum absolute atomic E-state index is 13.1. The molecule has 3 rings (SSSR count). The molecule has 0 aliphatic rings. The number of hydrogen-bond donors (Lipinski definition) is 1. The largest absolute Gasteiger partial charge is 0.379 e. The Labute approximate surface area is 206 Å². The molecule has 0 atom stereocenters. The summed E-state index contributed by atoms with van der Waals surface area (Å²) >= 11 is 0. The van der Waals surface area contributed by atoms with E-state index in [1.807, 2.05) is 20.8 Å². The molecule has 0 aromatic heterocycles. The molecule has 35 heavy (non-hydrogen) atoms. The van der Waals surface area contributed by atoms with Crippen molar-refractivity contribution in [3.8, 4) is 5.75 Å². The van der Waals surface area contributed by atoms with Gasteiger partial charge in [-0.25, -0.2) is 0 Å². The van der Waals surface area contributed by atoms with Crippen LogP contribution in [0.15, 0.2) is 89.5 Å². The predicted octanol–water partition coefficient (Wildman–Crippen LogP) is 4.40. The van der Waals surface area contributed by atoms with E-state index in [4.69, 9.17) is 4.18 Å². The van der Waals surface area contributed by atoms with E-state index < -0.39 is 16.0 Å². The number of benzene rings is 3. The van der Waals surface area contributed by atoms with E-state index in [1.54, 1.807) is 65.6 Å². The van der Waals surface area contributed by atoms with Gasteiger partial charge in [0, 0.05) is 18.7 Å². The van der Waals surface area contributed by atoms with Crippen molar-refractivity contribution in [2.24, 2.45) is 0 Å². The lowest BCUT2D eigenvalue weighted by molar-refractivity contribution is -0.127. The summed E-state index contributed by atoms with van der Waals surface area (Å²) < 4.78 is 30.3. The van der Waals surface area contributed by atoms with Crippen molar-refractivity contribution in [1.82, 2.24) is 10.2 Å². The van der Waals surface area contributed by atoms with Crippen molar-refractivity contribution >= 4 is 28.0 Å². The first-order valence-electron chi connectivity index (χ1n) is 11.2. The topological polar surface area (TPSA) is 92.8 Å². The molecule has 0 radical (unpaired) electrons. The molecule has 1 N–H and O–H groups in total. The summed E-state index contributed by atoms with van der Waals surface area (Å²) in [5.74, 6) is -0.587. The zero-order valence-corrected chi connectivity index (χ0v) is 20.7. The fraction of sp³-hybridized carbons (Fsp3) is 0.185. The van der Waals surface area contributed by atoms with Crippen LogP contribution in [0.3, 0.4) is 0 Å². The van der Waals surface area contributed by atoms with Crippen LogP contribution in [-0.4, -0.2) is 38.2 Å². The van der Waals surface area contributed by atoms with Gasteiger partial charge in [-0.3, -0.25) is 9.59 Å². The second-order valence-electron chi connectivity index (χ2n) is 7.78. The van der Waals surface area contributed by atoms with Crippen LogP contribution in [-0.2, 0) is 14.9 Å². The van der Waals surface area contributed by atoms with Crippen molar-refractivity contribution in [3.05, 3.63) is 101 Å². The number of nitrogens with one attached hydrogen (secondary N) is 1. The third-order valence-electron chi connectivity index (χ3n) is 5.27. The van der Waals surface area contributed by atoms with Crippen LogP contribution < -0.4 is 9.50 Å².